The number of carbonyl (C=O) groups excluding carboxylic acids is 2. The van der Waals surface area contributed by atoms with E-state index in [1.54, 1.807) is 0 Å². The van der Waals surface area contributed by atoms with E-state index in [4.69, 9.17) is 11.6 Å². The van der Waals surface area contributed by atoms with Crippen LogP contribution in [0.25, 0.3) is 0 Å². The molecule has 6 heteroatoms. The normalized spacial score (nSPS) is 11.7. The molecule has 4 nitrogen and oxygen atoms in total. The quantitative estimate of drug-likeness (QED) is 0.739. The molecular formula is C20H23ClN2O2S. The Labute approximate surface area is 163 Å². The molecule has 2 rings (SSSR count). The molecule has 138 valence electrons. The Bertz CT molecular complexity index is 758. The summed E-state index contributed by atoms with van der Waals surface area (Å²) in [6, 6.07) is 13.4. The topological polar surface area (TPSA) is 58.2 Å². The van der Waals surface area contributed by atoms with Crippen molar-refractivity contribution in [1.29, 1.82) is 0 Å². The molecule has 2 aromatic carbocycles. The zero-order valence-corrected chi connectivity index (χ0v) is 16.7. The second-order valence-electron chi connectivity index (χ2n) is 6.11. The number of carbonyl (C=O) groups is 2. The maximum Gasteiger partial charge on any atom is 0.243 e. The summed E-state index contributed by atoms with van der Waals surface area (Å²) in [6.07, 6.45) is 0. The monoisotopic (exact) mass is 390 g/mol. The van der Waals surface area contributed by atoms with Crippen LogP contribution in [0.4, 0.5) is 5.69 Å². The number of hydrogen-bond donors (Lipinski definition) is 2. The Morgan fingerprint density at radius 1 is 1.08 bits per heavy atom. The molecule has 2 amide bonds. The average molecular weight is 391 g/mol. The Balaban J connectivity index is 1.78. The van der Waals surface area contributed by atoms with Crippen LogP contribution in [0.15, 0.2) is 42.5 Å². The van der Waals surface area contributed by atoms with E-state index >= 15 is 0 Å². The third kappa shape index (κ3) is 6.07. The molecular weight excluding hydrogens is 368 g/mol. The van der Waals surface area contributed by atoms with Crippen molar-refractivity contribution in [3.63, 3.8) is 0 Å². The van der Waals surface area contributed by atoms with E-state index in [-0.39, 0.29) is 23.6 Å². The van der Waals surface area contributed by atoms with Crippen LogP contribution in [0.3, 0.4) is 0 Å². The molecule has 0 aromatic heterocycles. The van der Waals surface area contributed by atoms with Crippen molar-refractivity contribution in [1.82, 2.24) is 5.32 Å². The first-order valence-electron chi connectivity index (χ1n) is 8.36. The highest BCUT2D eigenvalue weighted by molar-refractivity contribution is 7.99. The minimum absolute atomic E-state index is 0.0432. The zero-order valence-electron chi connectivity index (χ0n) is 15.1. The zero-order chi connectivity index (χ0) is 19.1. The van der Waals surface area contributed by atoms with Gasteiger partial charge in [-0.15, -0.1) is 11.8 Å². The van der Waals surface area contributed by atoms with E-state index in [0.717, 1.165) is 22.4 Å². The summed E-state index contributed by atoms with van der Waals surface area (Å²) in [5.41, 5.74) is 3.90. The number of benzene rings is 2. The molecule has 0 bridgehead atoms. The lowest BCUT2D eigenvalue weighted by molar-refractivity contribution is -0.123. The first-order valence-corrected chi connectivity index (χ1v) is 9.79. The summed E-state index contributed by atoms with van der Waals surface area (Å²) in [5.74, 6) is 0.326. The van der Waals surface area contributed by atoms with Crippen LogP contribution < -0.4 is 10.6 Å². The first kappa shape index (κ1) is 20.3. The van der Waals surface area contributed by atoms with E-state index in [1.807, 2.05) is 63.2 Å². The average Bonchev–Trinajstić information content (AvgIpc) is 2.62. The third-order valence-electron chi connectivity index (χ3n) is 3.95. The number of nitrogens with one attached hydrogen (secondary N) is 2. The minimum atomic E-state index is -0.251. The molecule has 0 fully saturated rings. The number of anilines is 1. The molecule has 0 aliphatic carbocycles. The lowest BCUT2D eigenvalue weighted by atomic mass is 10.1. The summed E-state index contributed by atoms with van der Waals surface area (Å²) >= 11 is 7.38. The summed E-state index contributed by atoms with van der Waals surface area (Å²) in [5, 5.41) is 6.00. The second-order valence-corrected chi connectivity index (χ2v) is 7.88. The maximum absolute atomic E-state index is 12.2. The van der Waals surface area contributed by atoms with Crippen molar-refractivity contribution in [2.45, 2.75) is 31.8 Å². The van der Waals surface area contributed by atoms with E-state index in [1.165, 1.54) is 11.8 Å². The van der Waals surface area contributed by atoms with Crippen molar-refractivity contribution in [2.24, 2.45) is 0 Å². The molecule has 0 aliphatic heterocycles. The lowest BCUT2D eigenvalue weighted by Gasteiger charge is -2.14. The Hall–Kier alpha value is -1.98. The van der Waals surface area contributed by atoms with Crippen molar-refractivity contribution in [2.75, 3.05) is 11.9 Å². The van der Waals surface area contributed by atoms with Crippen molar-refractivity contribution in [3.8, 4) is 0 Å². The SMILES string of the molecule is Cc1cccc(C)c1NC(=O)CNC(=O)[C@H](C)SCc1ccc(Cl)cc1. The van der Waals surface area contributed by atoms with Gasteiger partial charge in [-0.2, -0.15) is 0 Å². The predicted octanol–water partition coefficient (Wildman–Crippen LogP) is 4.33. The fourth-order valence-electron chi connectivity index (χ4n) is 2.38. The van der Waals surface area contributed by atoms with Gasteiger partial charge in [0.25, 0.3) is 0 Å². The highest BCUT2D eigenvalue weighted by Gasteiger charge is 2.15. The smallest absolute Gasteiger partial charge is 0.243 e. The largest absolute Gasteiger partial charge is 0.346 e. The van der Waals surface area contributed by atoms with Gasteiger partial charge in [-0.3, -0.25) is 9.59 Å². The van der Waals surface area contributed by atoms with Crippen LogP contribution in [-0.2, 0) is 15.3 Å². The molecule has 2 N–H and O–H groups in total. The van der Waals surface area contributed by atoms with E-state index in [9.17, 15) is 9.59 Å². The molecule has 0 spiro atoms. The fraction of sp³-hybridized carbons (Fsp3) is 0.300. The molecule has 0 saturated heterocycles. The fourth-order valence-corrected chi connectivity index (χ4v) is 3.38. The molecule has 2 aromatic rings. The molecule has 0 saturated carbocycles. The van der Waals surface area contributed by atoms with Gasteiger partial charge in [0.1, 0.15) is 0 Å². The molecule has 0 heterocycles. The van der Waals surface area contributed by atoms with E-state index < -0.39 is 0 Å². The number of rotatable bonds is 7. The molecule has 26 heavy (non-hydrogen) atoms. The van der Waals surface area contributed by atoms with Crippen LogP contribution in [0.5, 0.6) is 0 Å². The van der Waals surface area contributed by atoms with Gasteiger partial charge < -0.3 is 10.6 Å². The van der Waals surface area contributed by atoms with Crippen LogP contribution >= 0.6 is 23.4 Å². The highest BCUT2D eigenvalue weighted by atomic mass is 35.5. The summed E-state index contributed by atoms with van der Waals surface area (Å²) in [6.45, 7) is 5.67. The van der Waals surface area contributed by atoms with E-state index in [2.05, 4.69) is 10.6 Å². The highest BCUT2D eigenvalue weighted by Crippen LogP contribution is 2.20. The van der Waals surface area contributed by atoms with E-state index in [0.29, 0.717) is 10.8 Å². The summed E-state index contributed by atoms with van der Waals surface area (Å²) in [7, 11) is 0. The van der Waals surface area contributed by atoms with Crippen LogP contribution in [0.2, 0.25) is 5.02 Å². The molecule has 0 radical (unpaired) electrons. The standard InChI is InChI=1S/C20H23ClN2O2S/c1-13-5-4-6-14(2)19(13)23-18(24)11-22-20(25)15(3)26-12-16-7-9-17(21)10-8-16/h4-10,15H,11-12H2,1-3H3,(H,22,25)(H,23,24)/t15-/m0/s1. The van der Waals surface area contributed by atoms with Crippen LogP contribution in [-0.4, -0.2) is 23.6 Å². The minimum Gasteiger partial charge on any atom is -0.346 e. The summed E-state index contributed by atoms with van der Waals surface area (Å²) in [4.78, 5) is 24.3. The van der Waals surface area contributed by atoms with Crippen molar-refractivity contribution < 1.29 is 9.59 Å². The number of amides is 2. The van der Waals surface area contributed by atoms with Gasteiger partial charge in [0.2, 0.25) is 11.8 Å². The Morgan fingerprint density at radius 3 is 2.31 bits per heavy atom. The Kier molecular flexibility index (Phi) is 7.54. The first-order chi connectivity index (χ1) is 12.4. The molecule has 0 aliphatic rings. The van der Waals surface area contributed by atoms with Gasteiger partial charge in [-0.1, -0.05) is 41.9 Å². The number of thioether (sulfide) groups is 1. The van der Waals surface area contributed by atoms with Gasteiger partial charge in [-0.05, 0) is 49.6 Å². The lowest BCUT2D eigenvalue weighted by Crippen LogP contribution is -2.37. The molecule has 0 unspecified atom stereocenters. The third-order valence-corrected chi connectivity index (χ3v) is 5.42. The second kappa shape index (κ2) is 9.64. The van der Waals surface area contributed by atoms with Gasteiger partial charge in [-0.25, -0.2) is 0 Å². The number of halogens is 1. The summed E-state index contributed by atoms with van der Waals surface area (Å²) < 4.78 is 0. The van der Waals surface area contributed by atoms with Crippen LogP contribution in [0, 0.1) is 13.8 Å². The van der Waals surface area contributed by atoms with Crippen molar-refractivity contribution >= 4 is 40.9 Å². The van der Waals surface area contributed by atoms with Gasteiger partial charge in [0.05, 0.1) is 11.8 Å². The number of para-hydroxylation sites is 1. The van der Waals surface area contributed by atoms with Crippen LogP contribution in [0.1, 0.15) is 23.6 Å². The molecule has 1 atom stereocenters. The predicted molar refractivity (Wildman–Crippen MR) is 110 cm³/mol. The Morgan fingerprint density at radius 2 is 1.69 bits per heavy atom. The van der Waals surface area contributed by atoms with Gasteiger partial charge in [0.15, 0.2) is 0 Å². The number of aryl methyl sites for hydroxylation is 2. The maximum atomic E-state index is 12.2. The van der Waals surface area contributed by atoms with Crippen molar-refractivity contribution in [3.05, 3.63) is 64.2 Å². The van der Waals surface area contributed by atoms with Gasteiger partial charge >= 0.3 is 0 Å². The number of hydrogen-bond acceptors (Lipinski definition) is 3. The van der Waals surface area contributed by atoms with Gasteiger partial charge in [0, 0.05) is 16.5 Å².